The second-order valence-corrected chi connectivity index (χ2v) is 13.9. The lowest BCUT2D eigenvalue weighted by Gasteiger charge is -2.33. The van der Waals surface area contributed by atoms with Crippen molar-refractivity contribution < 1.29 is 4.74 Å². The smallest absolute Gasteiger partial charge is 0.233 e. The number of rotatable bonds is 5. The Labute approximate surface area is 267 Å². The van der Waals surface area contributed by atoms with Crippen molar-refractivity contribution in [3.05, 3.63) is 53.9 Å². The molecule has 2 aliphatic heterocycles. The monoisotopic (exact) mass is 621 g/mol. The Morgan fingerprint density at radius 1 is 1.05 bits per heavy atom. The molecule has 8 rings (SSSR count). The van der Waals surface area contributed by atoms with Crippen molar-refractivity contribution in [1.29, 1.82) is 0 Å². The standard InChI is InChI=1S/C31H38N6OS.C2H6.H3NS/c1-29(39)19-21-4-3-15-32-25-6-2-5-23(33-25)18-22-7-8-26(34-28(22)36(29)20-21)37-16-9-27(35-37)38-17-10-24-30(11-12-30)31(24)13-14-31;2*1-2/h2,5-9,16,21,24,39H,3-4,10-15,17-20H2,1H3,(H,32,33);1-2H3;2H,1H2. The molecule has 4 bridgehead atoms. The molecule has 2 unspecified atom stereocenters. The van der Waals surface area contributed by atoms with Crippen LogP contribution in [0.15, 0.2) is 42.6 Å². The van der Waals surface area contributed by atoms with Crippen LogP contribution in [-0.4, -0.2) is 44.3 Å². The number of pyridine rings is 2. The largest absolute Gasteiger partial charge is 0.477 e. The van der Waals surface area contributed by atoms with E-state index in [4.69, 9.17) is 32.4 Å². The normalized spacial score (nSPS) is 25.4. The molecule has 43 heavy (non-hydrogen) atoms. The Morgan fingerprint density at radius 3 is 2.56 bits per heavy atom. The second kappa shape index (κ2) is 12.2. The molecule has 0 aromatic carbocycles. The van der Waals surface area contributed by atoms with E-state index in [1.165, 1.54) is 37.7 Å². The van der Waals surface area contributed by atoms with Crippen LogP contribution in [-0.2, 0) is 6.42 Å². The molecule has 8 nitrogen and oxygen atoms in total. The van der Waals surface area contributed by atoms with Crippen molar-refractivity contribution in [2.75, 3.05) is 29.9 Å². The van der Waals surface area contributed by atoms with Gasteiger partial charge in [0.05, 0.1) is 11.5 Å². The average Bonchev–Trinajstić information content (AvgIpc) is 3.97. The van der Waals surface area contributed by atoms with Crippen LogP contribution < -0.4 is 20.1 Å². The summed E-state index contributed by atoms with van der Waals surface area (Å²) in [5, 5.41) is 12.5. The van der Waals surface area contributed by atoms with E-state index < -0.39 is 0 Å². The van der Waals surface area contributed by atoms with Crippen LogP contribution in [0.4, 0.5) is 11.6 Å². The molecule has 0 amide bonds. The van der Waals surface area contributed by atoms with Crippen LogP contribution >= 0.6 is 25.4 Å². The van der Waals surface area contributed by atoms with Crippen LogP contribution in [0.5, 0.6) is 5.88 Å². The summed E-state index contributed by atoms with van der Waals surface area (Å²) in [5.41, 5.74) is 3.68. The molecule has 3 aromatic rings. The van der Waals surface area contributed by atoms with Crippen LogP contribution in [0.2, 0.25) is 0 Å². The fourth-order valence-electron chi connectivity index (χ4n) is 8.28. The predicted octanol–water partition coefficient (Wildman–Crippen LogP) is 6.71. The van der Waals surface area contributed by atoms with Gasteiger partial charge in [0, 0.05) is 43.0 Å². The fraction of sp³-hybridized carbons (Fsp3) is 0.606. The number of ether oxygens (including phenoxy) is 1. The Kier molecular flexibility index (Phi) is 8.65. The van der Waals surface area contributed by atoms with Crippen molar-refractivity contribution in [3.63, 3.8) is 0 Å². The van der Waals surface area contributed by atoms with E-state index in [1.54, 1.807) is 0 Å². The highest BCUT2D eigenvalue weighted by Crippen LogP contribution is 2.93. The van der Waals surface area contributed by atoms with Crippen molar-refractivity contribution in [2.45, 2.75) is 83.4 Å². The third-order valence-electron chi connectivity index (χ3n) is 10.4. The number of hydrogen-bond acceptors (Lipinski definition) is 9. The van der Waals surface area contributed by atoms with E-state index in [1.807, 2.05) is 30.8 Å². The van der Waals surface area contributed by atoms with Gasteiger partial charge in [-0.3, -0.25) is 5.14 Å². The van der Waals surface area contributed by atoms with E-state index in [9.17, 15) is 0 Å². The minimum Gasteiger partial charge on any atom is -0.477 e. The highest BCUT2D eigenvalue weighted by atomic mass is 32.1. The molecule has 3 saturated carbocycles. The summed E-state index contributed by atoms with van der Waals surface area (Å²) in [4.78, 5) is 12.2. The molecular formula is C33H47N7OS2. The number of thiol groups is 2. The maximum Gasteiger partial charge on any atom is 0.233 e. The van der Waals surface area contributed by atoms with E-state index >= 15 is 0 Å². The Hall–Kier alpha value is -2.43. The molecule has 4 fully saturated rings. The van der Waals surface area contributed by atoms with Gasteiger partial charge in [-0.25, -0.2) is 14.6 Å². The van der Waals surface area contributed by atoms with Gasteiger partial charge >= 0.3 is 0 Å². The second-order valence-electron chi connectivity index (χ2n) is 12.9. The van der Waals surface area contributed by atoms with Gasteiger partial charge in [-0.05, 0) is 99.2 Å². The number of nitrogens with zero attached hydrogens (tertiary/aromatic N) is 5. The molecule has 2 atom stereocenters. The van der Waals surface area contributed by atoms with E-state index in [0.29, 0.717) is 11.8 Å². The first kappa shape index (κ1) is 30.6. The highest BCUT2D eigenvalue weighted by molar-refractivity contribution is 7.81. The molecule has 5 heterocycles. The Bertz CT molecular complexity index is 1400. The summed E-state index contributed by atoms with van der Waals surface area (Å²) in [6.07, 6.45) is 13.0. The third kappa shape index (κ3) is 5.75. The van der Waals surface area contributed by atoms with Crippen molar-refractivity contribution >= 4 is 37.1 Å². The quantitative estimate of drug-likeness (QED) is 0.236. The van der Waals surface area contributed by atoms with E-state index in [-0.39, 0.29) is 4.87 Å². The number of fused-ring (bicyclic) bond motifs is 7. The van der Waals surface area contributed by atoms with Crippen LogP contribution in [0.3, 0.4) is 0 Å². The molecule has 2 spiro atoms. The average molecular weight is 622 g/mol. The minimum atomic E-state index is -0.253. The number of aromatic nitrogens is 4. The van der Waals surface area contributed by atoms with Crippen molar-refractivity contribution in [3.8, 4) is 11.7 Å². The molecule has 1 saturated heterocycles. The zero-order valence-corrected chi connectivity index (χ0v) is 27.6. The molecule has 3 aromatic heterocycles. The zero-order valence-electron chi connectivity index (χ0n) is 25.8. The number of hydrogen-bond donors (Lipinski definition) is 4. The van der Waals surface area contributed by atoms with Gasteiger partial charge in [0.1, 0.15) is 11.6 Å². The maximum atomic E-state index is 6.13. The Balaban J connectivity index is 0.000000792. The molecular weight excluding hydrogens is 575 g/mol. The van der Waals surface area contributed by atoms with Gasteiger partial charge in [-0.1, -0.05) is 26.0 Å². The maximum absolute atomic E-state index is 6.13. The third-order valence-corrected chi connectivity index (χ3v) is 10.9. The lowest BCUT2D eigenvalue weighted by Crippen LogP contribution is -2.37. The van der Waals surface area contributed by atoms with E-state index in [0.717, 1.165) is 85.3 Å². The summed E-state index contributed by atoms with van der Waals surface area (Å²) in [6, 6.07) is 12.5. The summed E-state index contributed by atoms with van der Waals surface area (Å²) in [7, 11) is 0. The lowest BCUT2D eigenvalue weighted by atomic mass is 10.0. The number of nitrogens with one attached hydrogen (secondary N) is 1. The van der Waals surface area contributed by atoms with Gasteiger partial charge in [-0.15, -0.1) is 17.9 Å². The van der Waals surface area contributed by atoms with Crippen LogP contribution in [0.25, 0.3) is 5.82 Å². The first-order valence-electron chi connectivity index (χ1n) is 16.1. The van der Waals surface area contributed by atoms with Crippen molar-refractivity contribution in [2.24, 2.45) is 27.8 Å². The molecule has 5 aliphatic rings. The van der Waals surface area contributed by atoms with Gasteiger partial charge in [0.2, 0.25) is 5.88 Å². The van der Waals surface area contributed by atoms with Gasteiger partial charge in [0.25, 0.3) is 0 Å². The van der Waals surface area contributed by atoms with Gasteiger partial charge < -0.3 is 15.0 Å². The number of nitrogens with two attached hydrogens (primary N) is 1. The first-order valence-corrected chi connectivity index (χ1v) is 17.1. The van der Waals surface area contributed by atoms with E-state index in [2.05, 4.69) is 65.4 Å². The zero-order chi connectivity index (χ0) is 30.2. The fourth-order valence-corrected chi connectivity index (χ4v) is 8.71. The summed E-state index contributed by atoms with van der Waals surface area (Å²) < 4.78 is 7.98. The molecule has 3 N–H and O–H groups in total. The summed E-state index contributed by atoms with van der Waals surface area (Å²) in [5.74, 6) is 4.92. The van der Waals surface area contributed by atoms with Gasteiger partial charge in [0.15, 0.2) is 5.82 Å². The topological polar surface area (TPSA) is 94.1 Å². The number of anilines is 2. The minimum absolute atomic E-state index is 0.253. The molecule has 3 aliphatic carbocycles. The summed E-state index contributed by atoms with van der Waals surface area (Å²) >= 11 is 8.18. The molecule has 232 valence electrons. The first-order chi connectivity index (χ1) is 21.0. The van der Waals surface area contributed by atoms with Crippen molar-refractivity contribution in [1.82, 2.24) is 19.7 Å². The van der Waals surface area contributed by atoms with Gasteiger partial charge in [-0.2, -0.15) is 12.6 Å². The van der Waals surface area contributed by atoms with Crippen LogP contribution in [0, 0.1) is 22.7 Å². The highest BCUT2D eigenvalue weighted by Gasteiger charge is 2.85. The molecule has 10 heteroatoms. The SMILES string of the molecule is CC.CC1(S)CC2CCCNc3cccc(n3)Cc3ccc(-n4ccc(OCCC5C6(CC6)C56CC6)n4)nc3N1C2.NS. The predicted molar refractivity (Wildman–Crippen MR) is 180 cm³/mol. The Morgan fingerprint density at radius 2 is 1.81 bits per heavy atom. The lowest BCUT2D eigenvalue weighted by molar-refractivity contribution is 0.283. The summed E-state index contributed by atoms with van der Waals surface area (Å²) in [6.45, 7) is 8.90. The van der Waals surface area contributed by atoms with Crippen LogP contribution in [0.1, 0.15) is 83.4 Å². The molecule has 0 radical (unpaired) electrons.